The second-order valence-corrected chi connectivity index (χ2v) is 9.09. The maximum Gasteiger partial charge on any atom is 0.280 e. The fourth-order valence-electron chi connectivity index (χ4n) is 4.17. The van der Waals surface area contributed by atoms with Crippen molar-refractivity contribution in [1.82, 2.24) is 14.6 Å². The highest BCUT2D eigenvalue weighted by Crippen LogP contribution is 2.29. The summed E-state index contributed by atoms with van der Waals surface area (Å²) in [6.45, 7) is -0.196. The van der Waals surface area contributed by atoms with Crippen molar-refractivity contribution >= 4 is 34.1 Å². The Bertz CT molecular complexity index is 1650. The quantitative estimate of drug-likeness (QED) is 0.167. The molecule has 0 radical (unpaired) electrons. The van der Waals surface area contributed by atoms with Gasteiger partial charge in [-0.3, -0.25) is 15.0 Å². The number of carbonyl (C=O) groups excluding carboxylic acids is 1. The van der Waals surface area contributed by atoms with E-state index in [1.54, 1.807) is 30.3 Å². The lowest BCUT2D eigenvalue weighted by Gasteiger charge is -2.32. The minimum absolute atomic E-state index is 0.000659. The average molecular weight is 572 g/mol. The van der Waals surface area contributed by atoms with Crippen LogP contribution in [0.4, 0.5) is 23.2 Å². The summed E-state index contributed by atoms with van der Waals surface area (Å²) < 4.78 is 58.6. The molecule has 0 fully saturated rings. The lowest BCUT2D eigenvalue weighted by atomic mass is 10.1. The Balaban J connectivity index is 1.98. The summed E-state index contributed by atoms with van der Waals surface area (Å²) in [6, 6.07) is 11.6. The highest BCUT2D eigenvalue weighted by molar-refractivity contribution is 6.31. The van der Waals surface area contributed by atoms with Gasteiger partial charge in [-0.15, -0.1) is 12.3 Å². The second kappa shape index (κ2) is 12.2. The number of nitrogens with two attached hydrogens (primary N) is 1. The van der Waals surface area contributed by atoms with Crippen LogP contribution in [0.1, 0.15) is 35.1 Å². The molecule has 1 amide bonds. The van der Waals surface area contributed by atoms with Gasteiger partial charge in [-0.05, 0) is 43.3 Å². The molecule has 12 heteroatoms. The van der Waals surface area contributed by atoms with Gasteiger partial charge in [0.15, 0.2) is 29.1 Å². The highest BCUT2D eigenvalue weighted by atomic mass is 35.5. The van der Waals surface area contributed by atoms with Gasteiger partial charge in [0, 0.05) is 24.1 Å². The number of hydrogen-bond donors (Lipinski definition) is 2. The Kier molecular flexibility index (Phi) is 8.72. The largest absolute Gasteiger partial charge is 0.330 e. The Hall–Kier alpha value is -4.40. The molecule has 3 aromatic carbocycles. The van der Waals surface area contributed by atoms with E-state index in [2.05, 4.69) is 16.3 Å². The van der Waals surface area contributed by atoms with E-state index in [9.17, 15) is 27.2 Å². The van der Waals surface area contributed by atoms with Crippen molar-refractivity contribution in [3.05, 3.63) is 105 Å². The minimum Gasteiger partial charge on any atom is -0.330 e. The number of aromatic nitrogens is 2. The number of fused-ring (bicyclic) bond motifs is 1. The third kappa shape index (κ3) is 5.64. The van der Waals surface area contributed by atoms with Crippen LogP contribution >= 0.6 is 11.6 Å². The van der Waals surface area contributed by atoms with Crippen LogP contribution < -0.4 is 16.7 Å². The van der Waals surface area contributed by atoms with Gasteiger partial charge < -0.3 is 10.6 Å². The molecule has 4 aromatic rings. The molecule has 0 spiro atoms. The number of anilines is 1. The topological polar surface area (TPSA) is 93.2 Å². The molecule has 0 aliphatic heterocycles. The zero-order valence-corrected chi connectivity index (χ0v) is 21.6. The number of benzene rings is 3. The van der Waals surface area contributed by atoms with Crippen LogP contribution in [0.5, 0.6) is 0 Å². The van der Waals surface area contributed by atoms with Crippen molar-refractivity contribution < 1.29 is 22.4 Å². The van der Waals surface area contributed by atoms with Crippen molar-refractivity contribution in [1.29, 1.82) is 0 Å². The van der Waals surface area contributed by atoms with Gasteiger partial charge in [0.05, 0.1) is 16.6 Å². The van der Waals surface area contributed by atoms with Gasteiger partial charge in [-0.2, -0.15) is 0 Å². The summed E-state index contributed by atoms with van der Waals surface area (Å²) in [5.41, 5.74) is 7.13. The molecular formula is C28H22ClF4N5O2. The first-order valence-corrected chi connectivity index (χ1v) is 12.4. The number of amides is 1. The number of nitrogens with one attached hydrogen (secondary N) is 1. The van der Waals surface area contributed by atoms with Crippen molar-refractivity contribution in [2.24, 2.45) is 5.73 Å². The van der Waals surface area contributed by atoms with E-state index in [4.69, 9.17) is 23.8 Å². The third-order valence-electron chi connectivity index (χ3n) is 6.05. The van der Waals surface area contributed by atoms with Crippen molar-refractivity contribution in [3.8, 4) is 12.3 Å². The molecule has 206 valence electrons. The average Bonchev–Trinajstić information content (AvgIpc) is 2.93. The second-order valence-electron chi connectivity index (χ2n) is 8.66. The predicted octanol–water partition coefficient (Wildman–Crippen LogP) is 5.04. The first-order chi connectivity index (χ1) is 19.2. The van der Waals surface area contributed by atoms with E-state index >= 15 is 0 Å². The molecule has 1 heterocycles. The molecule has 0 aliphatic rings. The van der Waals surface area contributed by atoms with Gasteiger partial charge in [0.1, 0.15) is 11.6 Å². The molecule has 4 rings (SSSR count). The third-order valence-corrected chi connectivity index (χ3v) is 6.28. The molecule has 7 nitrogen and oxygen atoms in total. The number of rotatable bonds is 9. The Morgan fingerprint density at radius 3 is 2.40 bits per heavy atom. The first-order valence-electron chi connectivity index (χ1n) is 12.0. The fourth-order valence-corrected chi connectivity index (χ4v) is 4.33. The van der Waals surface area contributed by atoms with Gasteiger partial charge in [0.2, 0.25) is 0 Å². The van der Waals surface area contributed by atoms with E-state index < -0.39 is 46.3 Å². The SMILES string of the molecule is C#CCC(c1nc2cc(Cl)ccc2c(=O)n1Nc1ccccc1)N(CCCN)C(=O)c1c(F)c(F)cc(F)c1F. The van der Waals surface area contributed by atoms with E-state index in [-0.39, 0.29) is 53.7 Å². The lowest BCUT2D eigenvalue weighted by molar-refractivity contribution is 0.0653. The molecule has 0 saturated heterocycles. The van der Waals surface area contributed by atoms with Crippen LogP contribution in [-0.2, 0) is 0 Å². The van der Waals surface area contributed by atoms with E-state index in [1.165, 1.54) is 18.2 Å². The summed E-state index contributed by atoms with van der Waals surface area (Å²) in [4.78, 5) is 32.7. The smallest absolute Gasteiger partial charge is 0.280 e. The summed E-state index contributed by atoms with van der Waals surface area (Å²) in [7, 11) is 0. The molecule has 1 aromatic heterocycles. The van der Waals surface area contributed by atoms with Crippen molar-refractivity contribution in [3.63, 3.8) is 0 Å². The normalized spacial score (nSPS) is 11.7. The van der Waals surface area contributed by atoms with Gasteiger partial charge in [-0.25, -0.2) is 27.2 Å². The van der Waals surface area contributed by atoms with E-state index in [0.717, 1.165) is 9.58 Å². The number of carbonyl (C=O) groups is 1. The van der Waals surface area contributed by atoms with Gasteiger partial charge >= 0.3 is 0 Å². The number of hydrogen-bond acceptors (Lipinski definition) is 5. The predicted molar refractivity (Wildman–Crippen MR) is 144 cm³/mol. The van der Waals surface area contributed by atoms with E-state index in [0.29, 0.717) is 5.69 Å². The summed E-state index contributed by atoms with van der Waals surface area (Å²) >= 11 is 6.13. The fraction of sp³-hybridized carbons (Fsp3) is 0.179. The van der Waals surface area contributed by atoms with Crippen molar-refractivity contribution in [2.75, 3.05) is 18.5 Å². The molecular weight excluding hydrogens is 550 g/mol. The number of nitrogens with zero attached hydrogens (tertiary/aromatic N) is 3. The number of para-hydroxylation sites is 1. The summed E-state index contributed by atoms with van der Waals surface area (Å²) in [6.07, 6.45) is 5.44. The summed E-state index contributed by atoms with van der Waals surface area (Å²) in [5, 5.41) is 0.434. The van der Waals surface area contributed by atoms with E-state index in [1.807, 2.05) is 0 Å². The standard InChI is InChI=1S/C28H22ClF4N5O2/c1-2-7-22(37(13-6-12-34)28(40)23-24(32)19(30)15-20(31)25(23)33)26-35-21-14-16(29)10-11-18(21)27(39)38(26)36-17-8-4-3-5-9-17/h1,3-5,8-11,14-15,22,36H,6-7,12-13,34H2. The highest BCUT2D eigenvalue weighted by Gasteiger charge is 2.34. The number of halogens is 5. The molecule has 3 N–H and O–H groups in total. The van der Waals surface area contributed by atoms with Gasteiger partial charge in [0.25, 0.3) is 11.5 Å². The zero-order valence-electron chi connectivity index (χ0n) is 20.8. The Morgan fingerprint density at radius 2 is 1.77 bits per heavy atom. The minimum atomic E-state index is -1.88. The van der Waals surface area contributed by atoms with Crippen LogP contribution in [0.25, 0.3) is 10.9 Å². The van der Waals surface area contributed by atoms with Crippen molar-refractivity contribution in [2.45, 2.75) is 18.9 Å². The van der Waals surface area contributed by atoms with Gasteiger partial charge in [-0.1, -0.05) is 29.8 Å². The van der Waals surface area contributed by atoms with Crippen LogP contribution in [0.2, 0.25) is 5.02 Å². The first kappa shape index (κ1) is 28.6. The Labute approximate surface area is 231 Å². The Morgan fingerprint density at radius 1 is 1.10 bits per heavy atom. The molecule has 0 aliphatic carbocycles. The molecule has 1 unspecified atom stereocenters. The van der Waals surface area contributed by atoms with Crippen LogP contribution in [0, 0.1) is 35.6 Å². The van der Waals surface area contributed by atoms with Crippen LogP contribution in [0.3, 0.4) is 0 Å². The monoisotopic (exact) mass is 571 g/mol. The maximum absolute atomic E-state index is 14.7. The molecule has 40 heavy (non-hydrogen) atoms. The molecule has 0 bridgehead atoms. The maximum atomic E-state index is 14.7. The summed E-state index contributed by atoms with van der Waals surface area (Å²) in [5.74, 6) is -6.41. The molecule has 1 atom stereocenters. The number of terminal acetylenes is 1. The molecule has 0 saturated carbocycles. The van der Waals surface area contributed by atoms with Crippen LogP contribution in [-0.4, -0.2) is 33.6 Å². The lowest BCUT2D eigenvalue weighted by Crippen LogP contribution is -2.42. The van der Waals surface area contributed by atoms with Crippen LogP contribution in [0.15, 0.2) is 59.4 Å². The zero-order chi connectivity index (χ0) is 29.0.